The fourth-order valence-corrected chi connectivity index (χ4v) is 1.27. The van der Waals surface area contributed by atoms with Crippen LogP contribution in [0, 0.1) is 0 Å². The minimum absolute atomic E-state index is 0.0934. The third-order valence-electron chi connectivity index (χ3n) is 2.10. The summed E-state index contributed by atoms with van der Waals surface area (Å²) in [5.41, 5.74) is 0. The molecule has 0 fully saturated rings. The molecule has 0 saturated heterocycles. The lowest BCUT2D eigenvalue weighted by Crippen LogP contribution is -2.34. The number of hydrogen-bond acceptors (Lipinski definition) is 3. The first-order valence-corrected chi connectivity index (χ1v) is 5.42. The Labute approximate surface area is 98.2 Å². The van der Waals surface area contributed by atoms with Crippen molar-refractivity contribution in [3.05, 3.63) is 18.2 Å². The van der Waals surface area contributed by atoms with E-state index in [-0.39, 0.29) is 24.8 Å². The molecule has 0 spiro atoms. The normalized spacial score (nSPS) is 10.8. The first kappa shape index (κ1) is 13.6. The zero-order chi connectivity index (χ0) is 12.7. The predicted molar refractivity (Wildman–Crippen MR) is 58.5 cm³/mol. The Hall–Kier alpha value is -1.50. The molecule has 1 aromatic rings. The van der Waals surface area contributed by atoms with Gasteiger partial charge in [-0.3, -0.25) is 9.36 Å². The van der Waals surface area contributed by atoms with Crippen LogP contribution in [0.4, 0.5) is 8.78 Å². The van der Waals surface area contributed by atoms with Gasteiger partial charge in [-0.1, -0.05) is 6.92 Å². The number of imidazole rings is 1. The molecule has 0 atom stereocenters. The van der Waals surface area contributed by atoms with Crippen molar-refractivity contribution in [2.75, 3.05) is 13.1 Å². The largest absolute Gasteiger partial charge is 0.355 e. The van der Waals surface area contributed by atoms with Crippen molar-refractivity contribution in [2.24, 2.45) is 0 Å². The van der Waals surface area contributed by atoms with E-state index >= 15 is 0 Å². The molecule has 0 saturated carbocycles. The summed E-state index contributed by atoms with van der Waals surface area (Å²) in [4.78, 5) is 15.0. The number of nitrogens with zero attached hydrogens (tertiary/aromatic N) is 2. The summed E-state index contributed by atoms with van der Waals surface area (Å²) < 4.78 is 25.6. The highest BCUT2D eigenvalue weighted by atomic mass is 19.3. The van der Waals surface area contributed by atoms with E-state index in [0.29, 0.717) is 6.54 Å². The molecule has 1 heterocycles. The molecular formula is C10H16F2N4O. The maximum Gasteiger partial charge on any atom is 0.319 e. The van der Waals surface area contributed by atoms with Crippen molar-refractivity contribution in [1.82, 2.24) is 20.2 Å². The highest BCUT2D eigenvalue weighted by molar-refractivity contribution is 5.77. The van der Waals surface area contributed by atoms with E-state index in [1.807, 2.05) is 6.92 Å². The van der Waals surface area contributed by atoms with Crippen LogP contribution in [-0.2, 0) is 11.3 Å². The number of carbonyl (C=O) groups is 1. The number of nitrogens with one attached hydrogen (secondary N) is 2. The van der Waals surface area contributed by atoms with Gasteiger partial charge in [0.25, 0.3) is 0 Å². The molecule has 0 aromatic carbocycles. The lowest BCUT2D eigenvalue weighted by Gasteiger charge is -2.07. The molecule has 0 aliphatic rings. The molecule has 1 aromatic heterocycles. The molecular weight excluding hydrogens is 230 g/mol. The second-order valence-corrected chi connectivity index (χ2v) is 3.48. The molecule has 0 bridgehead atoms. The van der Waals surface area contributed by atoms with Crippen molar-refractivity contribution in [1.29, 1.82) is 0 Å². The monoisotopic (exact) mass is 246 g/mol. The zero-order valence-corrected chi connectivity index (χ0v) is 9.62. The van der Waals surface area contributed by atoms with Gasteiger partial charge < -0.3 is 10.6 Å². The van der Waals surface area contributed by atoms with Gasteiger partial charge in [-0.15, -0.1) is 0 Å². The molecule has 0 radical (unpaired) electrons. The minimum Gasteiger partial charge on any atom is -0.355 e. The first-order valence-electron chi connectivity index (χ1n) is 5.42. The van der Waals surface area contributed by atoms with Crippen molar-refractivity contribution in [2.45, 2.75) is 26.4 Å². The molecule has 0 aliphatic heterocycles. The molecule has 5 nitrogen and oxygen atoms in total. The van der Waals surface area contributed by atoms with E-state index in [1.54, 1.807) is 0 Å². The van der Waals surface area contributed by atoms with Crippen LogP contribution in [0.1, 0.15) is 25.7 Å². The maximum absolute atomic E-state index is 12.4. The van der Waals surface area contributed by atoms with Gasteiger partial charge in [0.2, 0.25) is 5.91 Å². The summed E-state index contributed by atoms with van der Waals surface area (Å²) >= 11 is 0. The molecule has 1 amide bonds. The zero-order valence-electron chi connectivity index (χ0n) is 9.62. The van der Waals surface area contributed by atoms with Gasteiger partial charge >= 0.3 is 6.55 Å². The predicted octanol–water partition coefficient (Wildman–Crippen LogP) is 0.894. The Kier molecular flexibility index (Phi) is 5.55. The highest BCUT2D eigenvalue weighted by Gasteiger charge is 2.10. The number of aromatic nitrogens is 2. The summed E-state index contributed by atoms with van der Waals surface area (Å²) in [6.45, 7) is 0.190. The maximum atomic E-state index is 12.4. The van der Waals surface area contributed by atoms with Crippen LogP contribution in [-0.4, -0.2) is 28.5 Å². The Bertz CT molecular complexity index is 354. The van der Waals surface area contributed by atoms with Crippen LogP contribution in [0.2, 0.25) is 0 Å². The lowest BCUT2D eigenvalue weighted by atomic mass is 10.4. The van der Waals surface area contributed by atoms with Crippen LogP contribution in [0.15, 0.2) is 12.4 Å². The molecule has 1 rings (SSSR count). The van der Waals surface area contributed by atoms with Crippen LogP contribution in [0.25, 0.3) is 0 Å². The summed E-state index contributed by atoms with van der Waals surface area (Å²) in [5, 5.41) is 5.44. The topological polar surface area (TPSA) is 59.0 Å². The first-order chi connectivity index (χ1) is 8.15. The average molecular weight is 246 g/mol. The molecule has 0 aliphatic carbocycles. The number of rotatable bonds is 7. The third kappa shape index (κ3) is 4.48. The van der Waals surface area contributed by atoms with E-state index < -0.39 is 6.55 Å². The van der Waals surface area contributed by atoms with Crippen LogP contribution >= 0.6 is 0 Å². The second kappa shape index (κ2) is 6.95. The molecule has 96 valence electrons. The smallest absolute Gasteiger partial charge is 0.319 e. The van der Waals surface area contributed by atoms with Crippen LogP contribution in [0.3, 0.4) is 0 Å². The van der Waals surface area contributed by atoms with Crippen LogP contribution in [0.5, 0.6) is 0 Å². The van der Waals surface area contributed by atoms with E-state index in [0.717, 1.165) is 11.0 Å². The number of alkyl halides is 2. The average Bonchev–Trinajstić information content (AvgIpc) is 2.74. The quantitative estimate of drug-likeness (QED) is 0.751. The Balaban J connectivity index is 2.30. The van der Waals surface area contributed by atoms with Gasteiger partial charge in [0.15, 0.2) is 0 Å². The highest BCUT2D eigenvalue weighted by Crippen LogP contribution is 2.11. The van der Waals surface area contributed by atoms with Crippen molar-refractivity contribution >= 4 is 5.91 Å². The SMILES string of the molecule is CCCNC(=O)CNCc1nccn1C(F)F. The Morgan fingerprint density at radius 2 is 2.35 bits per heavy atom. The molecule has 7 heteroatoms. The number of hydrogen-bond donors (Lipinski definition) is 2. The molecule has 17 heavy (non-hydrogen) atoms. The van der Waals surface area contributed by atoms with Gasteiger partial charge in [0, 0.05) is 18.9 Å². The van der Waals surface area contributed by atoms with Gasteiger partial charge in [0.05, 0.1) is 13.1 Å². The van der Waals surface area contributed by atoms with E-state index in [2.05, 4.69) is 15.6 Å². The molecule has 0 unspecified atom stereocenters. The van der Waals surface area contributed by atoms with Gasteiger partial charge in [0.1, 0.15) is 5.82 Å². The molecule has 2 N–H and O–H groups in total. The number of halogens is 2. The summed E-state index contributed by atoms with van der Waals surface area (Å²) in [5.74, 6) is 0.0605. The Morgan fingerprint density at radius 1 is 1.59 bits per heavy atom. The number of carbonyl (C=O) groups excluding carboxylic acids is 1. The van der Waals surface area contributed by atoms with Gasteiger partial charge in [-0.2, -0.15) is 8.78 Å². The van der Waals surface area contributed by atoms with Crippen molar-refractivity contribution in [3.63, 3.8) is 0 Å². The summed E-state index contributed by atoms with van der Waals surface area (Å²) in [6.07, 6.45) is 3.38. The Morgan fingerprint density at radius 3 is 3.00 bits per heavy atom. The van der Waals surface area contributed by atoms with Crippen molar-refractivity contribution < 1.29 is 13.6 Å². The van der Waals surface area contributed by atoms with Gasteiger partial charge in [-0.25, -0.2) is 4.98 Å². The number of amides is 1. The lowest BCUT2D eigenvalue weighted by molar-refractivity contribution is -0.120. The fraction of sp³-hybridized carbons (Fsp3) is 0.600. The van der Waals surface area contributed by atoms with Crippen LogP contribution < -0.4 is 10.6 Å². The van der Waals surface area contributed by atoms with Gasteiger partial charge in [-0.05, 0) is 6.42 Å². The second-order valence-electron chi connectivity index (χ2n) is 3.48. The van der Waals surface area contributed by atoms with E-state index in [1.165, 1.54) is 12.4 Å². The minimum atomic E-state index is -2.61. The summed E-state index contributed by atoms with van der Waals surface area (Å²) in [7, 11) is 0. The van der Waals surface area contributed by atoms with E-state index in [9.17, 15) is 13.6 Å². The van der Waals surface area contributed by atoms with Crippen molar-refractivity contribution in [3.8, 4) is 0 Å². The van der Waals surface area contributed by atoms with E-state index in [4.69, 9.17) is 0 Å². The third-order valence-corrected chi connectivity index (χ3v) is 2.10. The summed E-state index contributed by atoms with van der Waals surface area (Å²) in [6, 6.07) is 0. The standard InChI is InChI=1S/C10H16F2N4O/c1-2-3-15-9(17)7-13-6-8-14-4-5-16(8)10(11)12/h4-5,10,13H,2-3,6-7H2,1H3,(H,15,17). The fourth-order valence-electron chi connectivity index (χ4n) is 1.27.